The van der Waals surface area contributed by atoms with Crippen LogP contribution in [0.3, 0.4) is 0 Å². The Morgan fingerprint density at radius 1 is 1.56 bits per heavy atom. The van der Waals surface area contributed by atoms with Crippen LogP contribution in [0.15, 0.2) is 30.6 Å². The Bertz CT molecular complexity index is 534. The van der Waals surface area contributed by atoms with Crippen LogP contribution in [-0.4, -0.2) is 27.6 Å². The highest BCUT2D eigenvalue weighted by molar-refractivity contribution is 6.00. The Hall–Kier alpha value is -2.24. The number of hydrogen-bond acceptors (Lipinski definition) is 4. The molecule has 0 radical (unpaired) electrons. The molecule has 18 heavy (non-hydrogen) atoms. The van der Waals surface area contributed by atoms with E-state index >= 15 is 0 Å². The third-order valence-electron chi connectivity index (χ3n) is 3.55. The van der Waals surface area contributed by atoms with Crippen LogP contribution in [0.5, 0.6) is 0 Å². The SMILES string of the molecule is C=C1NC(=O)C2(NC(=O)c3cccnn3)CC1C2. The number of aromatic nitrogens is 2. The number of fused-ring (bicyclic) bond motifs is 2. The summed E-state index contributed by atoms with van der Waals surface area (Å²) in [4.78, 5) is 23.9. The van der Waals surface area contributed by atoms with Gasteiger partial charge in [-0.3, -0.25) is 9.59 Å². The van der Waals surface area contributed by atoms with Crippen molar-refractivity contribution < 1.29 is 9.59 Å². The van der Waals surface area contributed by atoms with Crippen molar-refractivity contribution in [3.05, 3.63) is 36.3 Å². The quantitative estimate of drug-likeness (QED) is 0.767. The molecule has 2 amide bonds. The van der Waals surface area contributed by atoms with Crippen molar-refractivity contribution in [2.45, 2.75) is 18.4 Å². The third kappa shape index (κ3) is 1.49. The van der Waals surface area contributed by atoms with Gasteiger partial charge in [0.15, 0.2) is 5.69 Å². The number of carbonyl (C=O) groups is 2. The standard InChI is InChI=1S/C12H12N4O2/c1-7-8-5-12(6-8,11(18)14-7)15-10(17)9-3-2-4-13-16-9/h2-4,8H,1,5-6H2,(H,14,18)(H,15,17). The first-order valence-electron chi connectivity index (χ1n) is 5.71. The van der Waals surface area contributed by atoms with Crippen LogP contribution in [0.4, 0.5) is 0 Å². The van der Waals surface area contributed by atoms with Crippen LogP contribution in [0.1, 0.15) is 23.3 Å². The van der Waals surface area contributed by atoms with Crippen molar-refractivity contribution >= 4 is 11.8 Å². The average molecular weight is 244 g/mol. The van der Waals surface area contributed by atoms with E-state index < -0.39 is 5.54 Å². The Kier molecular flexibility index (Phi) is 2.19. The van der Waals surface area contributed by atoms with E-state index in [9.17, 15) is 9.59 Å². The molecule has 0 aromatic carbocycles. The van der Waals surface area contributed by atoms with Gasteiger partial charge in [-0.25, -0.2) is 0 Å². The molecule has 3 fully saturated rings. The summed E-state index contributed by atoms with van der Waals surface area (Å²) in [6.07, 6.45) is 2.72. The fourth-order valence-electron chi connectivity index (χ4n) is 2.44. The second-order valence-electron chi connectivity index (χ2n) is 4.73. The molecule has 92 valence electrons. The Morgan fingerprint density at radius 3 is 2.94 bits per heavy atom. The first kappa shape index (κ1) is 10.9. The minimum atomic E-state index is -0.791. The number of hydrogen-bond donors (Lipinski definition) is 2. The molecule has 3 heterocycles. The van der Waals surface area contributed by atoms with E-state index in [1.807, 2.05) is 0 Å². The van der Waals surface area contributed by atoms with Gasteiger partial charge < -0.3 is 10.6 Å². The number of nitrogens with one attached hydrogen (secondary N) is 2. The first-order valence-corrected chi connectivity index (χ1v) is 5.71. The molecule has 2 saturated heterocycles. The second-order valence-corrected chi connectivity index (χ2v) is 4.73. The van der Waals surface area contributed by atoms with Crippen LogP contribution in [0.2, 0.25) is 0 Å². The minimum Gasteiger partial charge on any atom is -0.336 e. The van der Waals surface area contributed by atoms with E-state index in [1.54, 1.807) is 12.1 Å². The molecule has 6 heteroatoms. The Morgan fingerprint density at radius 2 is 2.33 bits per heavy atom. The molecule has 0 spiro atoms. The monoisotopic (exact) mass is 244 g/mol. The number of allylic oxidation sites excluding steroid dienone is 1. The summed E-state index contributed by atoms with van der Waals surface area (Å²) in [6.45, 7) is 3.78. The lowest BCUT2D eigenvalue weighted by molar-refractivity contribution is -0.135. The number of nitrogens with zero attached hydrogens (tertiary/aromatic N) is 2. The summed E-state index contributed by atoms with van der Waals surface area (Å²) >= 11 is 0. The van der Waals surface area contributed by atoms with Gasteiger partial charge in [0, 0.05) is 17.8 Å². The van der Waals surface area contributed by atoms with Gasteiger partial charge in [-0.1, -0.05) is 6.58 Å². The zero-order valence-corrected chi connectivity index (χ0v) is 9.64. The Labute approximate surface area is 103 Å². The molecule has 6 nitrogen and oxygen atoms in total. The first-order chi connectivity index (χ1) is 8.61. The van der Waals surface area contributed by atoms with Gasteiger partial charge in [0.05, 0.1) is 0 Å². The highest BCUT2D eigenvalue weighted by Crippen LogP contribution is 2.45. The number of carbonyl (C=O) groups excluding carboxylic acids is 2. The molecule has 4 rings (SSSR count). The van der Waals surface area contributed by atoms with Gasteiger partial charge in [-0.2, -0.15) is 5.10 Å². The van der Waals surface area contributed by atoms with Gasteiger partial charge in [0.1, 0.15) is 5.54 Å². The van der Waals surface area contributed by atoms with Crippen molar-refractivity contribution in [2.75, 3.05) is 0 Å². The zero-order chi connectivity index (χ0) is 12.8. The molecule has 2 bridgehead atoms. The predicted octanol–water partition coefficient (Wildman–Crippen LogP) is -0.00130. The van der Waals surface area contributed by atoms with E-state index in [1.165, 1.54) is 6.20 Å². The molecule has 2 N–H and O–H groups in total. The lowest BCUT2D eigenvalue weighted by atomic mass is 9.63. The maximum absolute atomic E-state index is 12.0. The molecule has 0 unspecified atom stereocenters. The third-order valence-corrected chi connectivity index (χ3v) is 3.55. The van der Waals surface area contributed by atoms with Crippen LogP contribution >= 0.6 is 0 Å². The largest absolute Gasteiger partial charge is 0.336 e. The number of piperidine rings is 2. The number of rotatable bonds is 2. The summed E-state index contributed by atoms with van der Waals surface area (Å²) in [7, 11) is 0. The van der Waals surface area contributed by atoms with E-state index in [2.05, 4.69) is 27.4 Å². The molecule has 3 aliphatic rings. The van der Waals surface area contributed by atoms with Crippen molar-refractivity contribution in [2.24, 2.45) is 5.92 Å². The van der Waals surface area contributed by atoms with Crippen LogP contribution in [0.25, 0.3) is 0 Å². The maximum atomic E-state index is 12.0. The smallest absolute Gasteiger partial charge is 0.272 e. The predicted molar refractivity (Wildman–Crippen MR) is 62.2 cm³/mol. The topological polar surface area (TPSA) is 84.0 Å². The summed E-state index contributed by atoms with van der Waals surface area (Å²) in [5.74, 6) is -0.290. The molecule has 1 saturated carbocycles. The van der Waals surface area contributed by atoms with Crippen molar-refractivity contribution in [1.82, 2.24) is 20.8 Å². The fourth-order valence-corrected chi connectivity index (χ4v) is 2.44. The molecular formula is C12H12N4O2. The molecule has 0 atom stereocenters. The molecule has 1 aliphatic carbocycles. The van der Waals surface area contributed by atoms with Crippen molar-refractivity contribution in [3.63, 3.8) is 0 Å². The van der Waals surface area contributed by atoms with Crippen LogP contribution in [0, 0.1) is 5.92 Å². The summed E-state index contributed by atoms with van der Waals surface area (Å²) in [5.41, 5.74) is 0.170. The van der Waals surface area contributed by atoms with E-state index in [0.717, 1.165) is 5.70 Å². The zero-order valence-electron chi connectivity index (χ0n) is 9.64. The van der Waals surface area contributed by atoms with Gasteiger partial charge in [0.2, 0.25) is 5.91 Å². The second kappa shape index (κ2) is 3.63. The van der Waals surface area contributed by atoms with E-state index in [-0.39, 0.29) is 23.4 Å². The average Bonchev–Trinajstić information content (AvgIpc) is 2.32. The summed E-state index contributed by atoms with van der Waals surface area (Å²) in [5, 5.41) is 12.8. The van der Waals surface area contributed by atoms with Crippen molar-refractivity contribution in [1.29, 1.82) is 0 Å². The lowest BCUT2D eigenvalue weighted by Gasteiger charge is -2.51. The van der Waals surface area contributed by atoms with Gasteiger partial charge >= 0.3 is 0 Å². The maximum Gasteiger partial charge on any atom is 0.272 e. The van der Waals surface area contributed by atoms with E-state index in [0.29, 0.717) is 12.8 Å². The highest BCUT2D eigenvalue weighted by Gasteiger charge is 2.56. The minimum absolute atomic E-state index is 0.188. The molecule has 2 aliphatic heterocycles. The molecule has 1 aromatic heterocycles. The number of amides is 2. The van der Waals surface area contributed by atoms with Crippen LogP contribution in [-0.2, 0) is 4.79 Å². The van der Waals surface area contributed by atoms with Crippen molar-refractivity contribution in [3.8, 4) is 0 Å². The molecule has 1 aromatic rings. The Balaban J connectivity index is 1.77. The highest BCUT2D eigenvalue weighted by atomic mass is 16.2. The lowest BCUT2D eigenvalue weighted by Crippen LogP contribution is -2.70. The fraction of sp³-hybridized carbons (Fsp3) is 0.333. The van der Waals surface area contributed by atoms with Crippen LogP contribution < -0.4 is 10.6 Å². The molecular weight excluding hydrogens is 232 g/mol. The van der Waals surface area contributed by atoms with Gasteiger partial charge in [-0.15, -0.1) is 5.10 Å². The van der Waals surface area contributed by atoms with Gasteiger partial charge in [-0.05, 0) is 25.0 Å². The summed E-state index contributed by atoms with van der Waals surface area (Å²) in [6, 6.07) is 3.20. The normalized spacial score (nSPS) is 29.2. The van der Waals surface area contributed by atoms with Gasteiger partial charge in [0.25, 0.3) is 5.91 Å². The summed E-state index contributed by atoms with van der Waals surface area (Å²) < 4.78 is 0. The van der Waals surface area contributed by atoms with E-state index in [4.69, 9.17) is 0 Å².